The fraction of sp³-hybridized carbons (Fsp3) is 0. The van der Waals surface area contributed by atoms with Crippen molar-refractivity contribution >= 4 is 39.5 Å². The van der Waals surface area contributed by atoms with Crippen LogP contribution in [0.4, 0.5) is 11.5 Å². The molecule has 9 heteroatoms. The SMILES string of the molecule is O=c1[nH]c2ccccc2nc1NN=Cc1c(O)ccc2cc([N+](=O)[O-])ccc12. The number of aromatic amines is 1. The van der Waals surface area contributed by atoms with Crippen molar-refractivity contribution in [3.63, 3.8) is 0 Å². The minimum Gasteiger partial charge on any atom is -0.507 e. The van der Waals surface area contributed by atoms with E-state index in [2.05, 4.69) is 20.5 Å². The summed E-state index contributed by atoms with van der Waals surface area (Å²) in [4.78, 5) is 29.4. The van der Waals surface area contributed by atoms with Gasteiger partial charge in [-0.3, -0.25) is 20.3 Å². The lowest BCUT2D eigenvalue weighted by molar-refractivity contribution is -0.384. The maximum Gasteiger partial charge on any atom is 0.293 e. The number of hydrazone groups is 1. The van der Waals surface area contributed by atoms with E-state index in [4.69, 9.17) is 0 Å². The highest BCUT2D eigenvalue weighted by atomic mass is 16.6. The number of anilines is 1. The molecule has 3 aromatic carbocycles. The van der Waals surface area contributed by atoms with Gasteiger partial charge in [-0.05, 0) is 35.0 Å². The third-order valence-corrected chi connectivity index (χ3v) is 4.20. The number of hydrogen-bond acceptors (Lipinski definition) is 7. The van der Waals surface area contributed by atoms with Crippen LogP contribution >= 0.6 is 0 Å². The van der Waals surface area contributed by atoms with Crippen molar-refractivity contribution in [2.75, 3.05) is 5.43 Å². The summed E-state index contributed by atoms with van der Waals surface area (Å²) in [7, 11) is 0. The van der Waals surface area contributed by atoms with Crippen LogP contribution in [0.25, 0.3) is 21.8 Å². The molecule has 3 N–H and O–H groups in total. The average Bonchev–Trinajstić information content (AvgIpc) is 2.69. The number of nitrogens with one attached hydrogen (secondary N) is 2. The number of phenolic OH excluding ortho intramolecular Hbond substituents is 1. The molecular weight excluding hydrogens is 362 g/mol. The van der Waals surface area contributed by atoms with Crippen molar-refractivity contribution in [3.05, 3.63) is 80.6 Å². The molecule has 9 nitrogen and oxygen atoms in total. The molecule has 138 valence electrons. The van der Waals surface area contributed by atoms with Crippen LogP contribution in [0.1, 0.15) is 5.56 Å². The second kappa shape index (κ2) is 6.80. The van der Waals surface area contributed by atoms with Gasteiger partial charge >= 0.3 is 0 Å². The minimum atomic E-state index is -0.487. The summed E-state index contributed by atoms with van der Waals surface area (Å²) in [6.45, 7) is 0. The van der Waals surface area contributed by atoms with Gasteiger partial charge in [0, 0.05) is 17.7 Å². The van der Waals surface area contributed by atoms with Gasteiger partial charge in [0.05, 0.1) is 22.2 Å². The lowest BCUT2D eigenvalue weighted by Gasteiger charge is -2.05. The summed E-state index contributed by atoms with van der Waals surface area (Å²) in [5, 5.41) is 26.2. The molecule has 0 aliphatic heterocycles. The number of phenols is 1. The highest BCUT2D eigenvalue weighted by molar-refractivity contribution is 6.03. The maximum atomic E-state index is 12.1. The summed E-state index contributed by atoms with van der Waals surface area (Å²) in [5.41, 5.74) is 3.65. The molecular formula is C19H13N5O4. The van der Waals surface area contributed by atoms with Gasteiger partial charge in [0.15, 0.2) is 0 Å². The number of hydrogen-bond donors (Lipinski definition) is 3. The molecule has 0 aliphatic carbocycles. The zero-order valence-electron chi connectivity index (χ0n) is 14.3. The van der Waals surface area contributed by atoms with Crippen LogP contribution in [-0.4, -0.2) is 26.2 Å². The van der Waals surface area contributed by atoms with Crippen LogP contribution in [-0.2, 0) is 0 Å². The Morgan fingerprint density at radius 1 is 1.18 bits per heavy atom. The summed E-state index contributed by atoms with van der Waals surface area (Å²) in [5.74, 6) is -0.0439. The standard InChI is InChI=1S/C19H13N5O4/c25-17-8-5-11-9-12(24(27)28)6-7-13(11)14(17)10-20-23-18-19(26)22-16-4-2-1-3-15(16)21-18/h1-10,25H,(H,21,23)(H,22,26). The van der Waals surface area contributed by atoms with Gasteiger partial charge in [0.2, 0.25) is 5.82 Å². The number of nitrogens with zero attached hydrogens (tertiary/aromatic N) is 3. The lowest BCUT2D eigenvalue weighted by Crippen LogP contribution is -2.13. The fourth-order valence-corrected chi connectivity index (χ4v) is 2.84. The minimum absolute atomic E-state index is 0.00492. The Morgan fingerprint density at radius 3 is 2.82 bits per heavy atom. The van der Waals surface area contributed by atoms with Crippen LogP contribution in [0, 0.1) is 10.1 Å². The molecule has 0 saturated heterocycles. The van der Waals surface area contributed by atoms with E-state index in [-0.39, 0.29) is 17.3 Å². The van der Waals surface area contributed by atoms with E-state index in [0.29, 0.717) is 27.4 Å². The largest absolute Gasteiger partial charge is 0.507 e. The number of para-hydroxylation sites is 2. The van der Waals surface area contributed by atoms with Crippen molar-refractivity contribution in [3.8, 4) is 5.75 Å². The number of aromatic nitrogens is 2. The van der Waals surface area contributed by atoms with E-state index in [1.165, 1.54) is 30.5 Å². The molecule has 0 radical (unpaired) electrons. The predicted molar refractivity (Wildman–Crippen MR) is 106 cm³/mol. The molecule has 1 aromatic heterocycles. The third kappa shape index (κ3) is 3.12. The Kier molecular flexibility index (Phi) is 4.17. The van der Waals surface area contributed by atoms with Crippen molar-refractivity contribution < 1.29 is 10.0 Å². The van der Waals surface area contributed by atoms with Crippen LogP contribution in [0.2, 0.25) is 0 Å². The van der Waals surface area contributed by atoms with Crippen molar-refractivity contribution in [1.29, 1.82) is 0 Å². The summed E-state index contributed by atoms with van der Waals surface area (Å²) in [6.07, 6.45) is 1.33. The molecule has 0 bridgehead atoms. The van der Waals surface area contributed by atoms with Gasteiger partial charge < -0.3 is 10.1 Å². The average molecular weight is 375 g/mol. The lowest BCUT2D eigenvalue weighted by atomic mass is 10.0. The quantitative estimate of drug-likeness (QED) is 0.285. The molecule has 0 spiro atoms. The molecule has 0 atom stereocenters. The topological polar surface area (TPSA) is 134 Å². The van der Waals surface area contributed by atoms with E-state index >= 15 is 0 Å². The number of benzene rings is 3. The Labute approximate surface area is 157 Å². The van der Waals surface area contributed by atoms with Crippen LogP contribution < -0.4 is 11.0 Å². The Hall–Kier alpha value is -4.27. The number of rotatable bonds is 4. The Balaban J connectivity index is 1.69. The van der Waals surface area contributed by atoms with Gasteiger partial charge in [-0.1, -0.05) is 18.2 Å². The molecule has 0 saturated carbocycles. The molecule has 0 unspecified atom stereocenters. The fourth-order valence-electron chi connectivity index (χ4n) is 2.84. The first kappa shape index (κ1) is 17.2. The smallest absolute Gasteiger partial charge is 0.293 e. The zero-order valence-corrected chi connectivity index (χ0v) is 14.3. The van der Waals surface area contributed by atoms with Crippen LogP contribution in [0.3, 0.4) is 0 Å². The first-order valence-electron chi connectivity index (χ1n) is 8.21. The molecule has 1 heterocycles. The van der Waals surface area contributed by atoms with Crippen molar-refractivity contribution in [2.24, 2.45) is 5.10 Å². The third-order valence-electron chi connectivity index (χ3n) is 4.20. The second-order valence-electron chi connectivity index (χ2n) is 5.96. The molecule has 4 aromatic rings. The maximum absolute atomic E-state index is 12.1. The highest BCUT2D eigenvalue weighted by Gasteiger charge is 2.10. The number of H-pyrrole nitrogens is 1. The van der Waals surface area contributed by atoms with E-state index in [9.17, 15) is 20.0 Å². The predicted octanol–water partition coefficient (Wildman–Crippen LogP) is 3.14. The zero-order chi connectivity index (χ0) is 19.7. The van der Waals surface area contributed by atoms with Crippen molar-refractivity contribution in [2.45, 2.75) is 0 Å². The summed E-state index contributed by atoms with van der Waals surface area (Å²) < 4.78 is 0. The van der Waals surface area contributed by atoms with Gasteiger partial charge in [-0.2, -0.15) is 5.10 Å². The van der Waals surface area contributed by atoms with E-state index in [0.717, 1.165) is 0 Å². The van der Waals surface area contributed by atoms with E-state index < -0.39 is 10.5 Å². The van der Waals surface area contributed by atoms with Gasteiger partial charge in [0.1, 0.15) is 5.75 Å². The van der Waals surface area contributed by atoms with Gasteiger partial charge in [-0.15, -0.1) is 0 Å². The normalized spacial score (nSPS) is 11.3. The van der Waals surface area contributed by atoms with Crippen molar-refractivity contribution in [1.82, 2.24) is 9.97 Å². The molecule has 4 rings (SSSR count). The first-order chi connectivity index (χ1) is 13.5. The van der Waals surface area contributed by atoms with Crippen LogP contribution in [0.15, 0.2) is 64.5 Å². The number of fused-ring (bicyclic) bond motifs is 2. The van der Waals surface area contributed by atoms with E-state index in [1.807, 2.05) is 0 Å². The summed E-state index contributed by atoms with van der Waals surface area (Å²) in [6, 6.07) is 14.4. The van der Waals surface area contributed by atoms with Gasteiger partial charge in [0.25, 0.3) is 11.2 Å². The molecule has 0 aliphatic rings. The summed E-state index contributed by atoms with van der Waals surface area (Å²) >= 11 is 0. The van der Waals surface area contributed by atoms with Crippen LogP contribution in [0.5, 0.6) is 5.75 Å². The first-order valence-corrected chi connectivity index (χ1v) is 8.21. The molecule has 0 fully saturated rings. The number of non-ortho nitro benzene ring substituents is 1. The van der Waals surface area contributed by atoms with Gasteiger partial charge in [-0.25, -0.2) is 4.98 Å². The number of aromatic hydroxyl groups is 1. The molecule has 28 heavy (non-hydrogen) atoms. The Bertz CT molecular complexity index is 1310. The molecule has 0 amide bonds. The van der Waals surface area contributed by atoms with E-state index in [1.54, 1.807) is 30.3 Å². The monoisotopic (exact) mass is 375 g/mol. The number of nitro groups is 1. The second-order valence-corrected chi connectivity index (χ2v) is 5.96. The Morgan fingerprint density at radius 2 is 2.00 bits per heavy atom. The number of nitro benzene ring substituents is 1. The highest BCUT2D eigenvalue weighted by Crippen LogP contribution is 2.28.